The SMILES string of the molecule is CC(C)(C)c1cc(-c2ccccc2)c(-n2c(-c3[c-]ccc4c3oc3nc(-c5ccccc5)ccc34)nc3ccccc32)c(-c2ccccc2)c1.C[Si](C)(C)c1ccc(-c2[c-]cccc2)nc1.[Ir]. The smallest absolute Gasteiger partial charge is 0.216 e. The van der Waals surface area contributed by atoms with E-state index in [1.165, 1.54) is 10.8 Å². The summed E-state index contributed by atoms with van der Waals surface area (Å²) in [5.41, 5.74) is 14.8. The Morgan fingerprint density at radius 2 is 1.18 bits per heavy atom. The first-order chi connectivity index (χ1) is 32.0. The van der Waals surface area contributed by atoms with E-state index in [9.17, 15) is 0 Å². The molecule has 5 nitrogen and oxygen atoms in total. The molecule has 0 aliphatic carbocycles. The number of hydrogen-bond donors (Lipinski definition) is 0. The Morgan fingerprint density at radius 1 is 0.567 bits per heavy atom. The summed E-state index contributed by atoms with van der Waals surface area (Å²) in [6.45, 7) is 13.8. The van der Waals surface area contributed by atoms with Crippen LogP contribution in [0.15, 0.2) is 199 Å². The molecule has 0 saturated heterocycles. The van der Waals surface area contributed by atoms with Crippen molar-refractivity contribution in [2.24, 2.45) is 0 Å². The maximum atomic E-state index is 6.68. The van der Waals surface area contributed by atoms with Gasteiger partial charge in [0.05, 0.1) is 41.9 Å². The van der Waals surface area contributed by atoms with Crippen LogP contribution in [0.5, 0.6) is 0 Å². The number of benzene rings is 7. The minimum absolute atomic E-state index is 0. The predicted molar refractivity (Wildman–Crippen MR) is 277 cm³/mol. The Bertz CT molecular complexity index is 3400. The van der Waals surface area contributed by atoms with Crippen molar-refractivity contribution in [2.45, 2.75) is 45.8 Å². The number of fused-ring (bicyclic) bond motifs is 4. The van der Waals surface area contributed by atoms with E-state index < -0.39 is 8.07 Å². The standard InChI is InChI=1S/C46H34N3O.C14H16NSi.Ir/c1-46(2,3)33-28-37(30-16-7-4-8-17-30)42(38(29-33)31-18-9-5-10-19-31)49-41-25-14-13-24-40(41)47-44(49)36-23-15-22-34-35-26-27-39(32-20-11-6-12-21-32)48-45(35)50-43(34)36;1-16(2,3)13-9-10-14(15-11-13)12-7-5-4-6-8-12;/h4-22,24-29H,1-3H3;4-7,9-11H,1-3H3;/q2*-1;. The number of aromatic nitrogens is 4. The molecule has 0 saturated carbocycles. The average molecular weight is 1060 g/mol. The third-order valence-electron chi connectivity index (χ3n) is 12.1. The van der Waals surface area contributed by atoms with Crippen LogP contribution in [0.25, 0.3) is 94.9 Å². The van der Waals surface area contributed by atoms with Gasteiger partial charge in [0.2, 0.25) is 5.71 Å². The van der Waals surface area contributed by atoms with Crippen molar-refractivity contribution < 1.29 is 24.5 Å². The topological polar surface area (TPSA) is 56.7 Å². The van der Waals surface area contributed by atoms with Crippen molar-refractivity contribution in [3.8, 4) is 61.8 Å². The van der Waals surface area contributed by atoms with Gasteiger partial charge in [0.25, 0.3) is 0 Å². The van der Waals surface area contributed by atoms with Crippen molar-refractivity contribution in [1.29, 1.82) is 0 Å². The Hall–Kier alpha value is -7.02. The fraction of sp³-hybridized carbons (Fsp3) is 0.117. The first kappa shape index (κ1) is 45.1. The molecule has 1 radical (unpaired) electrons. The zero-order valence-corrected chi connectivity index (χ0v) is 41.9. The number of rotatable bonds is 7. The minimum atomic E-state index is -1.23. The molecule has 11 rings (SSSR count). The Balaban J connectivity index is 0.000000281. The number of nitrogens with zero attached hydrogens (tertiary/aromatic N) is 4. The monoisotopic (exact) mass is 1060 g/mol. The molecule has 0 atom stereocenters. The van der Waals surface area contributed by atoms with Crippen molar-refractivity contribution in [1.82, 2.24) is 19.5 Å². The van der Waals surface area contributed by atoms with Gasteiger partial charge in [-0.05, 0) is 69.4 Å². The molecular formula is C60H50IrN4OSi-2. The maximum Gasteiger partial charge on any atom is 0.216 e. The van der Waals surface area contributed by atoms with Crippen molar-refractivity contribution in [3.05, 3.63) is 212 Å². The van der Waals surface area contributed by atoms with Crippen LogP contribution in [0.1, 0.15) is 26.3 Å². The van der Waals surface area contributed by atoms with Crippen molar-refractivity contribution in [2.75, 3.05) is 0 Å². The summed E-state index contributed by atoms with van der Waals surface area (Å²) in [6.07, 6.45) is 2.02. The summed E-state index contributed by atoms with van der Waals surface area (Å²) in [6, 6.07) is 71.8. The van der Waals surface area contributed by atoms with E-state index >= 15 is 0 Å². The predicted octanol–water partition coefficient (Wildman–Crippen LogP) is 15.2. The molecule has 11 aromatic rings. The number of pyridine rings is 2. The number of hydrogen-bond acceptors (Lipinski definition) is 4. The fourth-order valence-corrected chi connectivity index (χ4v) is 9.55. The van der Waals surface area contributed by atoms with Crippen LogP contribution < -0.4 is 5.19 Å². The Labute approximate surface area is 407 Å². The van der Waals surface area contributed by atoms with E-state index in [2.05, 4.69) is 196 Å². The molecule has 0 fully saturated rings. The normalized spacial score (nSPS) is 11.6. The quantitative estimate of drug-likeness (QED) is 0.118. The molecule has 0 spiro atoms. The van der Waals surface area contributed by atoms with Crippen LogP contribution in [0, 0.1) is 12.1 Å². The van der Waals surface area contributed by atoms with Crippen LogP contribution in [0.3, 0.4) is 0 Å². The third-order valence-corrected chi connectivity index (χ3v) is 14.2. The van der Waals surface area contributed by atoms with Crippen molar-refractivity contribution in [3.63, 3.8) is 0 Å². The van der Waals surface area contributed by atoms with E-state index in [-0.39, 0.29) is 25.5 Å². The van der Waals surface area contributed by atoms with Gasteiger partial charge >= 0.3 is 0 Å². The van der Waals surface area contributed by atoms with Crippen LogP contribution in [0.4, 0.5) is 0 Å². The second-order valence-electron chi connectivity index (χ2n) is 18.7. The molecule has 67 heavy (non-hydrogen) atoms. The molecule has 0 aliphatic rings. The second kappa shape index (κ2) is 18.7. The van der Waals surface area contributed by atoms with Gasteiger partial charge < -0.3 is 14.0 Å². The summed E-state index contributed by atoms with van der Waals surface area (Å²) in [4.78, 5) is 14.8. The van der Waals surface area contributed by atoms with E-state index in [1.807, 2.05) is 60.8 Å². The zero-order valence-electron chi connectivity index (χ0n) is 38.5. The molecule has 0 bridgehead atoms. The number of imidazole rings is 1. The van der Waals surface area contributed by atoms with Crippen LogP contribution in [0.2, 0.25) is 19.6 Å². The first-order valence-electron chi connectivity index (χ1n) is 22.5. The van der Waals surface area contributed by atoms with E-state index in [4.69, 9.17) is 14.4 Å². The molecule has 4 heterocycles. The molecule has 331 valence electrons. The Kier molecular flexibility index (Phi) is 12.6. The van der Waals surface area contributed by atoms with Gasteiger partial charge in [0, 0.05) is 48.4 Å². The van der Waals surface area contributed by atoms with Gasteiger partial charge in [0.1, 0.15) is 0 Å². The third kappa shape index (κ3) is 9.11. The van der Waals surface area contributed by atoms with Crippen molar-refractivity contribution >= 4 is 46.4 Å². The van der Waals surface area contributed by atoms with E-state index in [0.29, 0.717) is 11.3 Å². The fourth-order valence-electron chi connectivity index (χ4n) is 8.51. The summed E-state index contributed by atoms with van der Waals surface area (Å²) in [7, 11) is -1.23. The van der Waals surface area contributed by atoms with Gasteiger partial charge in [0.15, 0.2) is 0 Å². The van der Waals surface area contributed by atoms with Gasteiger partial charge in [-0.15, -0.1) is 54.1 Å². The zero-order chi connectivity index (χ0) is 45.4. The summed E-state index contributed by atoms with van der Waals surface area (Å²) in [5.74, 6) is 0.761. The largest absolute Gasteiger partial charge is 0.486 e. The molecule has 0 N–H and O–H groups in total. The number of para-hydroxylation sites is 2. The molecule has 0 amide bonds. The Morgan fingerprint density at radius 3 is 1.78 bits per heavy atom. The number of furan rings is 1. The molecule has 4 aromatic heterocycles. The second-order valence-corrected chi connectivity index (χ2v) is 23.8. The van der Waals surface area contributed by atoms with Crippen LogP contribution in [-0.2, 0) is 25.5 Å². The minimum Gasteiger partial charge on any atom is -0.486 e. The van der Waals surface area contributed by atoms with Gasteiger partial charge in [-0.25, -0.2) is 4.98 Å². The molecule has 7 aromatic carbocycles. The van der Waals surface area contributed by atoms with Crippen LogP contribution in [-0.4, -0.2) is 27.6 Å². The van der Waals surface area contributed by atoms with E-state index in [0.717, 1.165) is 83.6 Å². The van der Waals surface area contributed by atoms with Gasteiger partial charge in [-0.3, -0.25) is 4.98 Å². The van der Waals surface area contributed by atoms with Crippen LogP contribution >= 0.6 is 0 Å². The summed E-state index contributed by atoms with van der Waals surface area (Å²) in [5, 5.41) is 3.34. The van der Waals surface area contributed by atoms with E-state index in [1.54, 1.807) is 0 Å². The molecule has 7 heteroatoms. The summed E-state index contributed by atoms with van der Waals surface area (Å²) >= 11 is 0. The van der Waals surface area contributed by atoms with Gasteiger partial charge in [-0.2, -0.15) is 0 Å². The molecule has 0 unspecified atom stereocenters. The molecular weight excluding hydrogens is 1010 g/mol. The summed E-state index contributed by atoms with van der Waals surface area (Å²) < 4.78 is 9.00. The maximum absolute atomic E-state index is 6.68. The average Bonchev–Trinajstić information content (AvgIpc) is 3.93. The first-order valence-corrected chi connectivity index (χ1v) is 26.0. The molecule has 0 aliphatic heterocycles. The van der Waals surface area contributed by atoms with Gasteiger partial charge in [-0.1, -0.05) is 167 Å².